The lowest BCUT2D eigenvalue weighted by Gasteiger charge is -2.26. The third-order valence-electron chi connectivity index (χ3n) is 5.48. The first-order valence-corrected chi connectivity index (χ1v) is 10.6. The van der Waals surface area contributed by atoms with Crippen LogP contribution in [0.3, 0.4) is 0 Å². The van der Waals surface area contributed by atoms with Crippen LogP contribution in [0.5, 0.6) is 0 Å². The highest BCUT2D eigenvalue weighted by Gasteiger charge is 2.16. The van der Waals surface area contributed by atoms with Crippen LogP contribution >= 0.6 is 0 Å². The Labute approximate surface area is 188 Å². The highest BCUT2D eigenvalue weighted by atomic mass is 19.2. The van der Waals surface area contributed by atoms with Crippen LogP contribution in [0.4, 0.5) is 14.6 Å². The van der Waals surface area contributed by atoms with Crippen molar-refractivity contribution in [2.75, 3.05) is 31.6 Å². The Morgan fingerprint density at radius 3 is 2.70 bits per heavy atom. The molecule has 1 aliphatic rings. The number of aromatic nitrogens is 3. The standard InChI is InChI=1S/C24H21F2N5O2/c25-19-7-6-16(13-20(19)26)21-15-31-8-2-4-18(23(31)28-21)24(32)29-22-5-1-3-17(27-22)14-30-9-11-33-12-10-30/h1-8,13,15H,9-12,14H2,(H,27,29,32). The molecule has 0 unspecified atom stereocenters. The van der Waals surface area contributed by atoms with Gasteiger partial charge in [0.15, 0.2) is 11.6 Å². The summed E-state index contributed by atoms with van der Waals surface area (Å²) < 4.78 is 34.0. The molecule has 3 aromatic heterocycles. The number of imidazole rings is 1. The second-order valence-electron chi connectivity index (χ2n) is 7.76. The average Bonchev–Trinajstić information content (AvgIpc) is 3.26. The van der Waals surface area contributed by atoms with E-state index in [9.17, 15) is 13.6 Å². The second-order valence-corrected chi connectivity index (χ2v) is 7.76. The highest BCUT2D eigenvalue weighted by Crippen LogP contribution is 2.23. The minimum Gasteiger partial charge on any atom is -0.379 e. The first-order valence-electron chi connectivity index (χ1n) is 10.6. The van der Waals surface area contributed by atoms with Gasteiger partial charge in [-0.2, -0.15) is 0 Å². The molecule has 1 N–H and O–H groups in total. The van der Waals surface area contributed by atoms with Crippen LogP contribution in [0, 0.1) is 11.6 Å². The van der Waals surface area contributed by atoms with Crippen LogP contribution in [0.25, 0.3) is 16.9 Å². The van der Waals surface area contributed by atoms with Gasteiger partial charge in [0.1, 0.15) is 11.5 Å². The average molecular weight is 449 g/mol. The van der Waals surface area contributed by atoms with E-state index in [0.29, 0.717) is 48.0 Å². The van der Waals surface area contributed by atoms with Crippen molar-refractivity contribution in [3.63, 3.8) is 0 Å². The zero-order valence-corrected chi connectivity index (χ0v) is 17.7. The number of amides is 1. The summed E-state index contributed by atoms with van der Waals surface area (Å²) in [7, 11) is 0. The molecule has 0 bridgehead atoms. The summed E-state index contributed by atoms with van der Waals surface area (Å²) in [5.41, 5.74) is 2.45. The Kier molecular flexibility index (Phi) is 5.80. The van der Waals surface area contributed by atoms with Gasteiger partial charge < -0.3 is 14.5 Å². The molecule has 1 aliphatic heterocycles. The molecule has 7 nitrogen and oxygen atoms in total. The minimum atomic E-state index is -0.953. The van der Waals surface area contributed by atoms with Crippen molar-refractivity contribution in [2.45, 2.75) is 6.54 Å². The maximum atomic E-state index is 13.7. The lowest BCUT2D eigenvalue weighted by atomic mass is 10.1. The molecule has 0 saturated carbocycles. The minimum absolute atomic E-state index is 0.340. The van der Waals surface area contributed by atoms with Crippen LogP contribution in [-0.2, 0) is 11.3 Å². The quantitative estimate of drug-likeness (QED) is 0.502. The molecular formula is C24H21F2N5O2. The van der Waals surface area contributed by atoms with Crippen molar-refractivity contribution in [1.29, 1.82) is 0 Å². The monoisotopic (exact) mass is 449 g/mol. The lowest BCUT2D eigenvalue weighted by molar-refractivity contribution is 0.0337. The number of benzene rings is 1. The van der Waals surface area contributed by atoms with E-state index in [4.69, 9.17) is 4.74 Å². The van der Waals surface area contributed by atoms with Crippen molar-refractivity contribution in [1.82, 2.24) is 19.3 Å². The largest absolute Gasteiger partial charge is 0.379 e. The molecule has 33 heavy (non-hydrogen) atoms. The third kappa shape index (κ3) is 4.59. The van der Waals surface area contributed by atoms with E-state index in [-0.39, 0.29) is 5.91 Å². The molecule has 0 aliphatic carbocycles. The van der Waals surface area contributed by atoms with Gasteiger partial charge in [0.25, 0.3) is 5.91 Å². The van der Waals surface area contributed by atoms with Gasteiger partial charge in [-0.1, -0.05) is 6.07 Å². The number of carbonyl (C=O) groups is 1. The van der Waals surface area contributed by atoms with Gasteiger partial charge in [-0.3, -0.25) is 9.69 Å². The van der Waals surface area contributed by atoms with Crippen molar-refractivity contribution >= 4 is 17.4 Å². The number of halogens is 2. The third-order valence-corrected chi connectivity index (χ3v) is 5.48. The van der Waals surface area contributed by atoms with Crippen LogP contribution in [-0.4, -0.2) is 51.5 Å². The van der Waals surface area contributed by atoms with E-state index >= 15 is 0 Å². The number of carbonyl (C=O) groups excluding carboxylic acids is 1. The molecule has 0 radical (unpaired) electrons. The summed E-state index contributed by atoms with van der Waals surface area (Å²) >= 11 is 0. The normalized spacial score (nSPS) is 14.5. The van der Waals surface area contributed by atoms with E-state index < -0.39 is 11.6 Å². The molecule has 0 atom stereocenters. The lowest BCUT2D eigenvalue weighted by Crippen LogP contribution is -2.35. The molecule has 168 valence electrons. The van der Waals surface area contributed by atoms with Crippen molar-refractivity contribution in [2.24, 2.45) is 0 Å². The van der Waals surface area contributed by atoms with Gasteiger partial charge >= 0.3 is 0 Å². The van der Waals surface area contributed by atoms with Crippen molar-refractivity contribution < 1.29 is 18.3 Å². The number of rotatable bonds is 5. The summed E-state index contributed by atoms with van der Waals surface area (Å²) in [4.78, 5) is 24.3. The number of fused-ring (bicyclic) bond motifs is 1. The van der Waals surface area contributed by atoms with E-state index in [1.54, 1.807) is 35.0 Å². The summed E-state index contributed by atoms with van der Waals surface area (Å²) in [6, 6.07) is 12.5. The topological polar surface area (TPSA) is 71.8 Å². The van der Waals surface area contributed by atoms with Gasteiger partial charge in [0.05, 0.1) is 30.2 Å². The number of hydrogen-bond donors (Lipinski definition) is 1. The molecule has 1 fully saturated rings. The first kappa shape index (κ1) is 21.2. The number of morpholine rings is 1. The molecule has 5 rings (SSSR count). The fourth-order valence-electron chi connectivity index (χ4n) is 3.79. The summed E-state index contributed by atoms with van der Waals surface area (Å²) in [5, 5.41) is 2.84. The van der Waals surface area contributed by atoms with Crippen LogP contribution < -0.4 is 5.32 Å². The molecule has 1 saturated heterocycles. The van der Waals surface area contributed by atoms with Gasteiger partial charge in [0, 0.05) is 37.6 Å². The number of nitrogens with one attached hydrogen (secondary N) is 1. The molecule has 4 aromatic rings. The first-order chi connectivity index (χ1) is 16.1. The zero-order chi connectivity index (χ0) is 22.8. The maximum absolute atomic E-state index is 13.7. The number of ether oxygens (including phenoxy) is 1. The number of hydrogen-bond acceptors (Lipinski definition) is 5. The predicted octanol–water partition coefficient (Wildman–Crippen LogP) is 3.76. The van der Waals surface area contributed by atoms with Crippen LogP contribution in [0.1, 0.15) is 16.1 Å². The van der Waals surface area contributed by atoms with Crippen LogP contribution in [0.2, 0.25) is 0 Å². The van der Waals surface area contributed by atoms with Gasteiger partial charge in [-0.25, -0.2) is 18.7 Å². The smallest absolute Gasteiger partial charge is 0.260 e. The SMILES string of the molecule is O=C(Nc1cccc(CN2CCOCC2)n1)c1cccn2cc(-c3ccc(F)c(F)c3)nc12. The van der Waals surface area contributed by atoms with Crippen LogP contribution in [0.15, 0.2) is 60.9 Å². The number of nitrogens with zero attached hydrogens (tertiary/aromatic N) is 4. The Hall–Kier alpha value is -3.69. The molecule has 9 heteroatoms. The number of pyridine rings is 2. The Morgan fingerprint density at radius 1 is 1.03 bits per heavy atom. The molecular weight excluding hydrogens is 428 g/mol. The van der Waals surface area contributed by atoms with Crippen molar-refractivity contribution in [3.8, 4) is 11.3 Å². The van der Waals surface area contributed by atoms with E-state index in [0.717, 1.165) is 30.9 Å². The fourth-order valence-corrected chi connectivity index (χ4v) is 3.79. The van der Waals surface area contributed by atoms with Gasteiger partial charge in [0.2, 0.25) is 0 Å². The zero-order valence-electron chi connectivity index (χ0n) is 17.7. The Bertz CT molecular complexity index is 1320. The second kappa shape index (κ2) is 9.05. The molecule has 4 heterocycles. The maximum Gasteiger partial charge on any atom is 0.260 e. The summed E-state index contributed by atoms with van der Waals surface area (Å²) in [6.45, 7) is 3.79. The fraction of sp³-hybridized carbons (Fsp3) is 0.208. The Morgan fingerprint density at radius 2 is 1.88 bits per heavy atom. The van der Waals surface area contributed by atoms with Crippen molar-refractivity contribution in [3.05, 3.63) is 83.8 Å². The Balaban J connectivity index is 1.38. The predicted molar refractivity (Wildman–Crippen MR) is 119 cm³/mol. The highest BCUT2D eigenvalue weighted by molar-refractivity contribution is 6.08. The number of anilines is 1. The van der Waals surface area contributed by atoms with E-state index in [1.165, 1.54) is 6.07 Å². The molecule has 0 spiro atoms. The molecule has 1 amide bonds. The van der Waals surface area contributed by atoms with Gasteiger partial charge in [-0.15, -0.1) is 0 Å². The summed E-state index contributed by atoms with van der Waals surface area (Å²) in [6.07, 6.45) is 3.41. The summed E-state index contributed by atoms with van der Waals surface area (Å²) in [5.74, 6) is -1.80. The van der Waals surface area contributed by atoms with E-state index in [2.05, 4.69) is 20.2 Å². The van der Waals surface area contributed by atoms with E-state index in [1.807, 2.05) is 12.1 Å². The van der Waals surface area contributed by atoms with Gasteiger partial charge in [-0.05, 0) is 42.5 Å². The molecule has 1 aromatic carbocycles.